The minimum atomic E-state index is -1.05. The Hall–Kier alpha value is -2.26. The number of aliphatic carboxylic acids is 1. The zero-order chi connectivity index (χ0) is 25.0. The van der Waals surface area contributed by atoms with Crippen LogP contribution >= 0.6 is 11.8 Å². The Bertz CT molecular complexity index is 752. The highest BCUT2D eigenvalue weighted by molar-refractivity contribution is 7.98. The molecule has 0 radical (unpaired) electrons. The van der Waals surface area contributed by atoms with Crippen molar-refractivity contribution in [1.82, 2.24) is 16.0 Å². The molecule has 4 N–H and O–H groups in total. The van der Waals surface area contributed by atoms with Gasteiger partial charge in [-0.3, -0.25) is 4.79 Å². The molecule has 0 saturated heterocycles. The normalized spacial score (nSPS) is 14.3. The number of alkyl carbamates (subject to hydrolysis) is 1. The molecule has 186 valence electrons. The predicted molar refractivity (Wildman–Crippen MR) is 132 cm³/mol. The van der Waals surface area contributed by atoms with Crippen molar-refractivity contribution in [2.45, 2.75) is 71.2 Å². The van der Waals surface area contributed by atoms with Crippen LogP contribution in [-0.2, 0) is 20.7 Å². The topological polar surface area (TPSA) is 117 Å². The van der Waals surface area contributed by atoms with Gasteiger partial charge in [-0.05, 0) is 57.1 Å². The molecule has 0 saturated carbocycles. The lowest BCUT2D eigenvalue weighted by Crippen LogP contribution is -2.55. The van der Waals surface area contributed by atoms with Gasteiger partial charge in [0.15, 0.2) is 0 Å². The fraction of sp³-hybridized carbons (Fsp3) is 0.625. The second-order valence-corrected chi connectivity index (χ2v) is 10.3. The first kappa shape index (κ1) is 28.8. The van der Waals surface area contributed by atoms with Crippen molar-refractivity contribution < 1.29 is 24.2 Å². The summed E-state index contributed by atoms with van der Waals surface area (Å²) >= 11 is 1.53. The van der Waals surface area contributed by atoms with Gasteiger partial charge in [0.05, 0.1) is 6.04 Å². The van der Waals surface area contributed by atoms with Gasteiger partial charge in [0.25, 0.3) is 0 Å². The van der Waals surface area contributed by atoms with Crippen LogP contribution in [-0.4, -0.2) is 65.4 Å². The van der Waals surface area contributed by atoms with E-state index in [1.165, 1.54) is 11.8 Å². The summed E-state index contributed by atoms with van der Waals surface area (Å²) < 4.78 is 5.36. The summed E-state index contributed by atoms with van der Waals surface area (Å²) in [5.74, 6) is -0.725. The second kappa shape index (κ2) is 14.1. The average molecular weight is 482 g/mol. The highest BCUT2D eigenvalue weighted by atomic mass is 32.2. The van der Waals surface area contributed by atoms with Crippen LogP contribution < -0.4 is 16.0 Å². The van der Waals surface area contributed by atoms with Gasteiger partial charge in [-0.15, -0.1) is 0 Å². The summed E-state index contributed by atoms with van der Waals surface area (Å²) in [5.41, 5.74) is 0.333. The van der Waals surface area contributed by atoms with Crippen LogP contribution in [0.1, 0.15) is 46.6 Å². The molecule has 1 aromatic carbocycles. The predicted octanol–water partition coefficient (Wildman–Crippen LogP) is 3.06. The standard InChI is InChI=1S/C24H39N3O5S/c1-16(2)20(27-23(31)32-24(3,4)5)15-25-19(14-17-10-8-7-9-11-17)21(28)26-18(22(29)30)12-13-33-6/h7-11,16,18-20,25H,12-15H2,1-6H3,(H,26,28)(H,27,31)(H,29,30)/t18-,19-,20+/m0/s1. The summed E-state index contributed by atoms with van der Waals surface area (Å²) in [6.45, 7) is 9.66. The van der Waals surface area contributed by atoms with E-state index in [1.54, 1.807) is 20.8 Å². The fourth-order valence-electron chi connectivity index (χ4n) is 3.05. The van der Waals surface area contributed by atoms with E-state index in [4.69, 9.17) is 4.74 Å². The molecule has 3 atom stereocenters. The maximum Gasteiger partial charge on any atom is 0.407 e. The smallest absolute Gasteiger partial charge is 0.407 e. The van der Waals surface area contributed by atoms with E-state index in [1.807, 2.05) is 50.4 Å². The Labute approximate surface area is 201 Å². The number of carboxylic acids is 1. The molecule has 1 rings (SSSR count). The van der Waals surface area contributed by atoms with Crippen molar-refractivity contribution in [3.63, 3.8) is 0 Å². The maximum absolute atomic E-state index is 13.1. The number of rotatable bonds is 13. The van der Waals surface area contributed by atoms with Crippen molar-refractivity contribution in [2.24, 2.45) is 5.92 Å². The average Bonchev–Trinajstić information content (AvgIpc) is 2.71. The maximum atomic E-state index is 13.1. The Morgan fingerprint density at radius 1 is 1.06 bits per heavy atom. The highest BCUT2D eigenvalue weighted by Gasteiger charge is 2.27. The molecule has 0 aliphatic heterocycles. The van der Waals surface area contributed by atoms with Crippen LogP contribution in [0.2, 0.25) is 0 Å². The fourth-order valence-corrected chi connectivity index (χ4v) is 3.53. The molecule has 33 heavy (non-hydrogen) atoms. The monoisotopic (exact) mass is 481 g/mol. The van der Waals surface area contributed by atoms with Gasteiger partial charge in [-0.1, -0.05) is 44.2 Å². The van der Waals surface area contributed by atoms with Crippen LogP contribution in [0.25, 0.3) is 0 Å². The molecule has 9 heteroatoms. The Balaban J connectivity index is 2.92. The van der Waals surface area contributed by atoms with E-state index in [-0.39, 0.29) is 17.9 Å². The van der Waals surface area contributed by atoms with Crippen molar-refractivity contribution in [1.29, 1.82) is 0 Å². The molecule has 0 aromatic heterocycles. The van der Waals surface area contributed by atoms with E-state index in [2.05, 4.69) is 16.0 Å². The number of carbonyl (C=O) groups is 3. The molecule has 8 nitrogen and oxygen atoms in total. The third kappa shape index (κ3) is 12.0. The molecule has 0 fully saturated rings. The SMILES string of the molecule is CSCC[C@H](NC(=O)[C@H](Cc1ccccc1)NC[C@@H](NC(=O)OC(C)(C)C)C(C)C)C(=O)O. The lowest BCUT2D eigenvalue weighted by atomic mass is 10.0. The molecule has 0 bridgehead atoms. The van der Waals surface area contributed by atoms with Crippen molar-refractivity contribution in [3.8, 4) is 0 Å². The summed E-state index contributed by atoms with van der Waals surface area (Å²) in [6.07, 6.45) is 2.10. The van der Waals surface area contributed by atoms with Crippen LogP contribution in [0.5, 0.6) is 0 Å². The second-order valence-electron chi connectivity index (χ2n) is 9.33. The van der Waals surface area contributed by atoms with Crippen LogP contribution in [0.3, 0.4) is 0 Å². The summed E-state index contributed by atoms with van der Waals surface area (Å²) in [5, 5.41) is 18.3. The van der Waals surface area contributed by atoms with Crippen LogP contribution in [0.15, 0.2) is 30.3 Å². The molecule has 0 aliphatic rings. The van der Waals surface area contributed by atoms with Gasteiger partial charge in [0.1, 0.15) is 11.6 Å². The van der Waals surface area contributed by atoms with Crippen molar-refractivity contribution >= 4 is 29.7 Å². The molecule has 1 aromatic rings. The van der Waals surface area contributed by atoms with Gasteiger partial charge >= 0.3 is 12.1 Å². The van der Waals surface area contributed by atoms with E-state index >= 15 is 0 Å². The van der Waals surface area contributed by atoms with Gasteiger partial charge in [0.2, 0.25) is 5.91 Å². The van der Waals surface area contributed by atoms with Gasteiger partial charge in [-0.25, -0.2) is 9.59 Å². The molecule has 0 aliphatic carbocycles. The number of nitrogens with one attached hydrogen (secondary N) is 3. The van der Waals surface area contributed by atoms with Crippen molar-refractivity contribution in [2.75, 3.05) is 18.6 Å². The first-order valence-electron chi connectivity index (χ1n) is 11.2. The third-order valence-electron chi connectivity index (χ3n) is 4.92. The highest BCUT2D eigenvalue weighted by Crippen LogP contribution is 2.10. The van der Waals surface area contributed by atoms with E-state index in [0.717, 1.165) is 5.56 Å². The van der Waals surface area contributed by atoms with Crippen LogP contribution in [0.4, 0.5) is 4.79 Å². The molecule has 0 spiro atoms. The zero-order valence-corrected chi connectivity index (χ0v) is 21.3. The number of hydrogen-bond donors (Lipinski definition) is 4. The first-order valence-corrected chi connectivity index (χ1v) is 12.6. The lowest BCUT2D eigenvalue weighted by Gasteiger charge is -2.28. The third-order valence-corrected chi connectivity index (χ3v) is 5.56. The molecule has 0 unspecified atom stereocenters. The molecule has 0 heterocycles. The van der Waals surface area contributed by atoms with E-state index in [0.29, 0.717) is 25.1 Å². The minimum Gasteiger partial charge on any atom is -0.480 e. The largest absolute Gasteiger partial charge is 0.480 e. The number of ether oxygens (including phenoxy) is 1. The lowest BCUT2D eigenvalue weighted by molar-refractivity contribution is -0.142. The zero-order valence-electron chi connectivity index (χ0n) is 20.5. The Morgan fingerprint density at radius 2 is 1.70 bits per heavy atom. The molecule has 2 amide bonds. The van der Waals surface area contributed by atoms with Gasteiger partial charge in [-0.2, -0.15) is 11.8 Å². The number of carboxylic acid groups (broad SMARTS) is 1. The molecular weight excluding hydrogens is 442 g/mol. The van der Waals surface area contributed by atoms with Gasteiger partial charge in [0, 0.05) is 12.6 Å². The number of hydrogen-bond acceptors (Lipinski definition) is 6. The Kier molecular flexibility index (Phi) is 12.3. The minimum absolute atomic E-state index is 0.0822. The molecular formula is C24H39N3O5S. The quantitative estimate of drug-likeness (QED) is 0.342. The van der Waals surface area contributed by atoms with E-state index < -0.39 is 29.7 Å². The van der Waals surface area contributed by atoms with Crippen LogP contribution in [0, 0.1) is 5.92 Å². The Morgan fingerprint density at radius 3 is 2.21 bits per heavy atom. The number of thioether (sulfide) groups is 1. The van der Waals surface area contributed by atoms with E-state index in [9.17, 15) is 19.5 Å². The first-order chi connectivity index (χ1) is 15.4. The van der Waals surface area contributed by atoms with Gasteiger partial charge < -0.3 is 25.8 Å². The summed E-state index contributed by atoms with van der Waals surface area (Å²) in [4.78, 5) is 36.9. The van der Waals surface area contributed by atoms with Crippen molar-refractivity contribution in [3.05, 3.63) is 35.9 Å². The number of amides is 2. The number of benzene rings is 1. The summed E-state index contributed by atoms with van der Waals surface area (Å²) in [7, 11) is 0. The number of carbonyl (C=O) groups excluding carboxylic acids is 2. The summed E-state index contributed by atoms with van der Waals surface area (Å²) in [6, 6.07) is 7.63.